The molecule has 4 aliphatic rings. The average molecular weight is 290 g/mol. The molecule has 4 rings (SSSR count). The molecule has 0 aromatic heterocycles. The molecule has 0 amide bonds. The van der Waals surface area contributed by atoms with E-state index in [1.807, 2.05) is 0 Å². The molecular formula is C19H30O2. The summed E-state index contributed by atoms with van der Waals surface area (Å²) in [5, 5.41) is 20.4. The van der Waals surface area contributed by atoms with Crippen LogP contribution < -0.4 is 0 Å². The third kappa shape index (κ3) is 1.98. The van der Waals surface area contributed by atoms with Gasteiger partial charge in [-0.25, -0.2) is 0 Å². The molecule has 0 spiro atoms. The molecule has 3 saturated carbocycles. The molecule has 2 nitrogen and oxygen atoms in total. The SMILES string of the molecule is C[C@]12CC[C@@H]3[C@@H](CC=C4CCC(O)C[C@@]43C)[C@@H]1CC(O)C2. The second kappa shape index (κ2) is 4.58. The second-order valence-corrected chi connectivity index (χ2v) is 8.94. The van der Waals surface area contributed by atoms with Crippen molar-refractivity contribution in [2.24, 2.45) is 28.6 Å². The topological polar surface area (TPSA) is 40.5 Å². The Labute approximate surface area is 128 Å². The summed E-state index contributed by atoms with van der Waals surface area (Å²) in [5.74, 6) is 2.16. The maximum atomic E-state index is 10.2. The lowest BCUT2D eigenvalue weighted by molar-refractivity contribution is -0.0450. The van der Waals surface area contributed by atoms with Gasteiger partial charge >= 0.3 is 0 Å². The van der Waals surface area contributed by atoms with Crippen molar-refractivity contribution < 1.29 is 10.2 Å². The Morgan fingerprint density at radius 2 is 1.86 bits per heavy atom. The van der Waals surface area contributed by atoms with E-state index in [1.165, 1.54) is 19.3 Å². The Morgan fingerprint density at radius 1 is 1.05 bits per heavy atom. The first-order valence-corrected chi connectivity index (χ1v) is 8.98. The van der Waals surface area contributed by atoms with Gasteiger partial charge < -0.3 is 10.2 Å². The van der Waals surface area contributed by atoms with Crippen molar-refractivity contribution in [3.05, 3.63) is 11.6 Å². The molecule has 4 aliphatic carbocycles. The highest BCUT2D eigenvalue weighted by Gasteiger charge is 2.57. The number of aliphatic hydroxyl groups excluding tert-OH is 2. The van der Waals surface area contributed by atoms with Crippen molar-refractivity contribution in [3.8, 4) is 0 Å². The Kier molecular flexibility index (Phi) is 3.11. The zero-order chi connectivity index (χ0) is 14.8. The molecular weight excluding hydrogens is 260 g/mol. The van der Waals surface area contributed by atoms with Crippen LogP contribution in [0.2, 0.25) is 0 Å². The van der Waals surface area contributed by atoms with Gasteiger partial charge in [-0.15, -0.1) is 0 Å². The zero-order valence-corrected chi connectivity index (χ0v) is 13.5. The Balaban J connectivity index is 1.68. The number of aliphatic hydroxyl groups is 2. The van der Waals surface area contributed by atoms with Crippen molar-refractivity contribution in [1.82, 2.24) is 0 Å². The molecule has 0 heterocycles. The molecule has 7 atom stereocenters. The molecule has 0 bridgehead atoms. The van der Waals surface area contributed by atoms with Gasteiger partial charge in [0.05, 0.1) is 12.2 Å². The standard InChI is InChI=1S/C19H30O2/c1-18-8-7-16-15(17(18)9-14(21)10-18)6-4-12-3-5-13(20)11-19(12,16)2/h4,13-17,20-21H,3,5-11H2,1-2H3/t13?,14?,15-,16-,17+,18-,19+/m1/s1. The summed E-state index contributed by atoms with van der Waals surface area (Å²) in [6.45, 7) is 4.84. The number of allylic oxidation sites excluding steroid dienone is 2. The number of hydrogen-bond acceptors (Lipinski definition) is 2. The van der Waals surface area contributed by atoms with Crippen LogP contribution in [-0.4, -0.2) is 22.4 Å². The normalized spacial score (nSPS) is 56.2. The van der Waals surface area contributed by atoms with Crippen molar-refractivity contribution >= 4 is 0 Å². The summed E-state index contributed by atoms with van der Waals surface area (Å²) in [6, 6.07) is 0. The zero-order valence-electron chi connectivity index (χ0n) is 13.5. The van der Waals surface area contributed by atoms with Gasteiger partial charge in [-0.1, -0.05) is 25.5 Å². The lowest BCUT2D eigenvalue weighted by Crippen LogP contribution is -2.49. The summed E-state index contributed by atoms with van der Waals surface area (Å²) < 4.78 is 0. The largest absolute Gasteiger partial charge is 0.393 e. The number of hydrogen-bond donors (Lipinski definition) is 2. The minimum Gasteiger partial charge on any atom is -0.393 e. The fraction of sp³-hybridized carbons (Fsp3) is 0.895. The first-order valence-electron chi connectivity index (χ1n) is 8.98. The van der Waals surface area contributed by atoms with Crippen LogP contribution in [0.4, 0.5) is 0 Å². The van der Waals surface area contributed by atoms with Crippen LogP contribution in [0, 0.1) is 28.6 Å². The van der Waals surface area contributed by atoms with Crippen molar-refractivity contribution in [2.75, 3.05) is 0 Å². The highest BCUT2D eigenvalue weighted by atomic mass is 16.3. The molecule has 2 N–H and O–H groups in total. The van der Waals surface area contributed by atoms with Gasteiger partial charge in [-0.2, -0.15) is 0 Å². The second-order valence-electron chi connectivity index (χ2n) is 8.94. The maximum Gasteiger partial charge on any atom is 0.0551 e. The lowest BCUT2D eigenvalue weighted by atomic mass is 9.48. The molecule has 0 aliphatic heterocycles. The van der Waals surface area contributed by atoms with Crippen LogP contribution in [0.25, 0.3) is 0 Å². The van der Waals surface area contributed by atoms with Gasteiger partial charge in [-0.3, -0.25) is 0 Å². The van der Waals surface area contributed by atoms with Crippen LogP contribution >= 0.6 is 0 Å². The van der Waals surface area contributed by atoms with Gasteiger partial charge in [0.25, 0.3) is 0 Å². The van der Waals surface area contributed by atoms with Gasteiger partial charge in [-0.05, 0) is 80.0 Å². The highest BCUT2D eigenvalue weighted by molar-refractivity contribution is 5.25. The summed E-state index contributed by atoms with van der Waals surface area (Å²) in [4.78, 5) is 0. The molecule has 118 valence electrons. The van der Waals surface area contributed by atoms with Crippen LogP contribution in [0.1, 0.15) is 65.2 Å². The third-order valence-electron chi connectivity index (χ3n) is 7.78. The predicted octanol–water partition coefficient (Wildman–Crippen LogP) is 3.67. The van der Waals surface area contributed by atoms with Crippen LogP contribution in [0.3, 0.4) is 0 Å². The van der Waals surface area contributed by atoms with Crippen molar-refractivity contribution in [3.63, 3.8) is 0 Å². The smallest absolute Gasteiger partial charge is 0.0551 e. The third-order valence-corrected chi connectivity index (χ3v) is 7.78. The summed E-state index contributed by atoms with van der Waals surface area (Å²) >= 11 is 0. The molecule has 0 saturated heterocycles. The van der Waals surface area contributed by atoms with Gasteiger partial charge in [0, 0.05) is 0 Å². The van der Waals surface area contributed by atoms with Gasteiger partial charge in [0.1, 0.15) is 0 Å². The average Bonchev–Trinajstić information content (AvgIpc) is 2.72. The maximum absolute atomic E-state index is 10.2. The van der Waals surface area contributed by atoms with Gasteiger partial charge in [0.2, 0.25) is 0 Å². The molecule has 2 heteroatoms. The van der Waals surface area contributed by atoms with E-state index in [9.17, 15) is 10.2 Å². The fourth-order valence-corrected chi connectivity index (χ4v) is 6.76. The van der Waals surface area contributed by atoms with Crippen molar-refractivity contribution in [1.29, 1.82) is 0 Å². The molecule has 0 aromatic carbocycles. The molecule has 0 aromatic rings. The Hall–Kier alpha value is -0.340. The van der Waals surface area contributed by atoms with E-state index >= 15 is 0 Å². The molecule has 3 fully saturated rings. The minimum absolute atomic E-state index is 0.0751. The Bertz CT molecular complexity index is 470. The van der Waals surface area contributed by atoms with E-state index in [4.69, 9.17) is 0 Å². The number of rotatable bonds is 0. The molecule has 2 unspecified atom stereocenters. The first-order chi connectivity index (χ1) is 9.92. The summed E-state index contributed by atoms with van der Waals surface area (Å²) in [7, 11) is 0. The van der Waals surface area contributed by atoms with E-state index in [2.05, 4.69) is 19.9 Å². The predicted molar refractivity (Wildman–Crippen MR) is 83.7 cm³/mol. The van der Waals surface area contributed by atoms with E-state index in [0.717, 1.165) is 43.9 Å². The molecule has 21 heavy (non-hydrogen) atoms. The van der Waals surface area contributed by atoms with E-state index in [-0.39, 0.29) is 17.6 Å². The minimum atomic E-state index is -0.103. The molecule has 0 radical (unpaired) electrons. The lowest BCUT2D eigenvalue weighted by Gasteiger charge is -2.57. The van der Waals surface area contributed by atoms with Gasteiger partial charge in [0.15, 0.2) is 0 Å². The summed E-state index contributed by atoms with van der Waals surface area (Å²) in [5.41, 5.74) is 2.24. The van der Waals surface area contributed by atoms with Crippen LogP contribution in [0.5, 0.6) is 0 Å². The van der Waals surface area contributed by atoms with E-state index in [1.54, 1.807) is 5.57 Å². The fourth-order valence-electron chi connectivity index (χ4n) is 6.76. The van der Waals surface area contributed by atoms with Crippen molar-refractivity contribution in [2.45, 2.75) is 77.4 Å². The van der Waals surface area contributed by atoms with E-state index in [0.29, 0.717) is 11.3 Å². The van der Waals surface area contributed by atoms with Crippen LogP contribution in [0.15, 0.2) is 11.6 Å². The highest BCUT2D eigenvalue weighted by Crippen LogP contribution is 2.64. The Morgan fingerprint density at radius 3 is 2.67 bits per heavy atom. The van der Waals surface area contributed by atoms with Crippen LogP contribution in [-0.2, 0) is 0 Å². The first kappa shape index (κ1) is 14.3. The quantitative estimate of drug-likeness (QED) is 0.668. The number of fused-ring (bicyclic) bond motifs is 5. The monoisotopic (exact) mass is 290 g/mol. The van der Waals surface area contributed by atoms with E-state index < -0.39 is 0 Å². The summed E-state index contributed by atoms with van der Waals surface area (Å²) in [6.07, 6.45) is 11.2.